The quantitative estimate of drug-likeness (QED) is 0.689. The zero-order chi connectivity index (χ0) is 21.5. The van der Waals surface area contributed by atoms with E-state index in [4.69, 9.17) is 4.74 Å². The van der Waals surface area contributed by atoms with E-state index in [1.165, 1.54) is 30.9 Å². The number of aryl methyl sites for hydroxylation is 2. The Morgan fingerprint density at radius 3 is 2.40 bits per heavy atom. The van der Waals surface area contributed by atoms with Crippen LogP contribution in [-0.4, -0.2) is 24.4 Å². The predicted molar refractivity (Wildman–Crippen MR) is 114 cm³/mol. The highest BCUT2D eigenvalue weighted by Gasteiger charge is 2.15. The van der Waals surface area contributed by atoms with Crippen LogP contribution in [0.5, 0.6) is 0 Å². The van der Waals surface area contributed by atoms with Gasteiger partial charge in [0.1, 0.15) is 0 Å². The third-order valence-electron chi connectivity index (χ3n) is 5.32. The standard InChI is InChI=1S/C24H28N2O4/c1-16(21-12-11-19-5-3-4-6-22(19)13-21)26-23(28)15-30-24(29)20-9-7-18(8-10-20)14-25-17(2)27/h7-13,16H,3-6,14-15H2,1-2H3,(H,25,27)(H,26,28). The Morgan fingerprint density at radius 2 is 1.70 bits per heavy atom. The van der Waals surface area contributed by atoms with Crippen molar-refractivity contribution < 1.29 is 19.1 Å². The van der Waals surface area contributed by atoms with Crippen LogP contribution in [-0.2, 0) is 33.7 Å². The topological polar surface area (TPSA) is 84.5 Å². The van der Waals surface area contributed by atoms with Gasteiger partial charge in [-0.05, 0) is 67.0 Å². The molecule has 6 heteroatoms. The van der Waals surface area contributed by atoms with Crippen LogP contribution in [0.4, 0.5) is 0 Å². The number of carbonyl (C=O) groups is 3. The monoisotopic (exact) mass is 408 g/mol. The van der Waals surface area contributed by atoms with Crippen LogP contribution in [0.3, 0.4) is 0 Å². The summed E-state index contributed by atoms with van der Waals surface area (Å²) in [6.07, 6.45) is 4.66. The predicted octanol–water partition coefficient (Wildman–Crippen LogP) is 3.24. The molecule has 1 aliphatic rings. The maximum absolute atomic E-state index is 12.2. The first kappa shape index (κ1) is 21.6. The average Bonchev–Trinajstić information content (AvgIpc) is 2.76. The minimum absolute atomic E-state index is 0.117. The molecule has 2 N–H and O–H groups in total. The Bertz CT molecular complexity index is 921. The molecule has 0 aromatic heterocycles. The number of rotatable bonds is 7. The highest BCUT2D eigenvalue weighted by Crippen LogP contribution is 2.24. The lowest BCUT2D eigenvalue weighted by molar-refractivity contribution is -0.125. The van der Waals surface area contributed by atoms with E-state index in [1.807, 2.05) is 6.92 Å². The van der Waals surface area contributed by atoms with Gasteiger partial charge < -0.3 is 15.4 Å². The Hall–Kier alpha value is -3.15. The first-order valence-corrected chi connectivity index (χ1v) is 10.3. The smallest absolute Gasteiger partial charge is 0.338 e. The maximum atomic E-state index is 12.2. The summed E-state index contributed by atoms with van der Waals surface area (Å²) < 4.78 is 5.13. The highest BCUT2D eigenvalue weighted by atomic mass is 16.5. The van der Waals surface area contributed by atoms with E-state index in [9.17, 15) is 14.4 Å². The fourth-order valence-electron chi connectivity index (χ4n) is 3.59. The third-order valence-corrected chi connectivity index (χ3v) is 5.32. The zero-order valence-corrected chi connectivity index (χ0v) is 17.5. The molecule has 0 saturated heterocycles. The zero-order valence-electron chi connectivity index (χ0n) is 17.5. The van der Waals surface area contributed by atoms with E-state index in [1.54, 1.807) is 24.3 Å². The summed E-state index contributed by atoms with van der Waals surface area (Å²) in [4.78, 5) is 35.3. The van der Waals surface area contributed by atoms with Gasteiger partial charge in [0.2, 0.25) is 5.91 Å². The molecule has 1 atom stereocenters. The van der Waals surface area contributed by atoms with Crippen LogP contribution in [0.1, 0.15) is 65.3 Å². The molecule has 2 amide bonds. The minimum Gasteiger partial charge on any atom is -0.452 e. The van der Waals surface area contributed by atoms with Crippen LogP contribution in [0.15, 0.2) is 42.5 Å². The van der Waals surface area contributed by atoms with Crippen molar-refractivity contribution in [2.24, 2.45) is 0 Å². The van der Waals surface area contributed by atoms with Crippen molar-refractivity contribution in [1.82, 2.24) is 10.6 Å². The molecule has 2 aromatic rings. The van der Waals surface area contributed by atoms with Crippen LogP contribution in [0, 0.1) is 0 Å². The molecule has 30 heavy (non-hydrogen) atoms. The largest absolute Gasteiger partial charge is 0.452 e. The molecule has 0 aliphatic heterocycles. The Balaban J connectivity index is 1.48. The number of hydrogen-bond donors (Lipinski definition) is 2. The van der Waals surface area contributed by atoms with E-state index < -0.39 is 5.97 Å². The van der Waals surface area contributed by atoms with E-state index >= 15 is 0 Å². The van der Waals surface area contributed by atoms with Crippen molar-refractivity contribution in [2.75, 3.05) is 6.61 Å². The molecule has 2 aromatic carbocycles. The minimum atomic E-state index is -0.558. The lowest BCUT2D eigenvalue weighted by atomic mass is 9.89. The summed E-state index contributed by atoms with van der Waals surface area (Å²) in [5.74, 6) is -1.01. The first-order chi connectivity index (χ1) is 14.4. The summed E-state index contributed by atoms with van der Waals surface area (Å²) in [6, 6.07) is 13.0. The molecule has 6 nitrogen and oxygen atoms in total. The molecular weight excluding hydrogens is 380 g/mol. The van der Waals surface area contributed by atoms with Gasteiger partial charge in [0, 0.05) is 13.5 Å². The molecule has 0 radical (unpaired) electrons. The van der Waals surface area contributed by atoms with Gasteiger partial charge in [-0.15, -0.1) is 0 Å². The van der Waals surface area contributed by atoms with Crippen molar-refractivity contribution in [3.05, 3.63) is 70.3 Å². The molecule has 0 saturated carbocycles. The lowest BCUT2D eigenvalue weighted by Crippen LogP contribution is -2.31. The first-order valence-electron chi connectivity index (χ1n) is 10.3. The number of amides is 2. The van der Waals surface area contributed by atoms with Gasteiger partial charge in [0.25, 0.3) is 5.91 Å². The average molecular weight is 408 g/mol. The van der Waals surface area contributed by atoms with Crippen molar-refractivity contribution in [3.8, 4) is 0 Å². The summed E-state index contributed by atoms with van der Waals surface area (Å²) >= 11 is 0. The Labute approximate surface area is 177 Å². The van der Waals surface area contributed by atoms with Gasteiger partial charge in [-0.3, -0.25) is 9.59 Å². The fourth-order valence-corrected chi connectivity index (χ4v) is 3.59. The summed E-state index contributed by atoms with van der Waals surface area (Å²) in [5, 5.41) is 5.58. The molecule has 0 heterocycles. The van der Waals surface area contributed by atoms with Gasteiger partial charge in [0.15, 0.2) is 6.61 Å². The van der Waals surface area contributed by atoms with Gasteiger partial charge >= 0.3 is 5.97 Å². The highest BCUT2D eigenvalue weighted by molar-refractivity contribution is 5.91. The summed E-state index contributed by atoms with van der Waals surface area (Å²) in [7, 11) is 0. The number of esters is 1. The fraction of sp³-hybridized carbons (Fsp3) is 0.375. The van der Waals surface area contributed by atoms with E-state index in [-0.39, 0.29) is 24.5 Å². The van der Waals surface area contributed by atoms with Crippen LogP contribution in [0.25, 0.3) is 0 Å². The number of benzene rings is 2. The SMILES string of the molecule is CC(=O)NCc1ccc(C(=O)OCC(=O)NC(C)c2ccc3c(c2)CCCC3)cc1. The van der Waals surface area contributed by atoms with Crippen LogP contribution < -0.4 is 10.6 Å². The van der Waals surface area contributed by atoms with Gasteiger partial charge in [-0.2, -0.15) is 0 Å². The van der Waals surface area contributed by atoms with Crippen LogP contribution >= 0.6 is 0 Å². The van der Waals surface area contributed by atoms with Crippen LogP contribution in [0.2, 0.25) is 0 Å². The lowest BCUT2D eigenvalue weighted by Gasteiger charge is -2.20. The molecule has 0 bridgehead atoms. The van der Waals surface area contributed by atoms with Crippen molar-refractivity contribution in [2.45, 2.75) is 52.1 Å². The molecule has 0 fully saturated rings. The number of hydrogen-bond acceptors (Lipinski definition) is 4. The van der Waals surface area contributed by atoms with Gasteiger partial charge in [0.05, 0.1) is 11.6 Å². The number of ether oxygens (including phenoxy) is 1. The molecule has 1 aliphatic carbocycles. The second-order valence-corrected chi connectivity index (χ2v) is 7.71. The van der Waals surface area contributed by atoms with Crippen molar-refractivity contribution in [1.29, 1.82) is 0 Å². The Kier molecular flexibility index (Phi) is 7.22. The normalized spacial score (nSPS) is 13.7. The van der Waals surface area contributed by atoms with E-state index in [2.05, 4.69) is 28.8 Å². The maximum Gasteiger partial charge on any atom is 0.338 e. The van der Waals surface area contributed by atoms with E-state index in [0.717, 1.165) is 24.0 Å². The Morgan fingerprint density at radius 1 is 1.00 bits per heavy atom. The molecule has 0 spiro atoms. The molecule has 1 unspecified atom stereocenters. The molecule has 158 valence electrons. The van der Waals surface area contributed by atoms with Crippen molar-refractivity contribution >= 4 is 17.8 Å². The second-order valence-electron chi connectivity index (χ2n) is 7.71. The summed E-state index contributed by atoms with van der Waals surface area (Å²) in [6.45, 7) is 3.44. The molecular formula is C24H28N2O4. The van der Waals surface area contributed by atoms with Gasteiger partial charge in [-0.1, -0.05) is 30.3 Å². The van der Waals surface area contributed by atoms with Crippen molar-refractivity contribution in [3.63, 3.8) is 0 Å². The second kappa shape index (κ2) is 10.1. The number of carbonyl (C=O) groups excluding carboxylic acids is 3. The molecule has 3 rings (SSSR count). The number of nitrogens with one attached hydrogen (secondary N) is 2. The third kappa shape index (κ3) is 5.92. The van der Waals surface area contributed by atoms with E-state index in [0.29, 0.717) is 12.1 Å². The van der Waals surface area contributed by atoms with Gasteiger partial charge in [-0.25, -0.2) is 4.79 Å². The number of fused-ring (bicyclic) bond motifs is 1. The summed E-state index contributed by atoms with van der Waals surface area (Å²) in [5.41, 5.74) is 5.06.